The first-order valence-corrected chi connectivity index (χ1v) is 6.91. The molecule has 0 aliphatic heterocycles. The molecule has 0 aromatic heterocycles. The summed E-state index contributed by atoms with van der Waals surface area (Å²) in [4.78, 5) is 2.29. The molecule has 0 radical (unpaired) electrons. The maximum absolute atomic E-state index is 9.44. The number of aliphatic hydroxyl groups is 2. The maximum atomic E-state index is 9.44. The Balaban J connectivity index is 2.24. The minimum atomic E-state index is 0.0227. The van der Waals surface area contributed by atoms with E-state index in [-0.39, 0.29) is 13.2 Å². The minimum Gasteiger partial charge on any atom is -0.396 e. The molecule has 0 bridgehead atoms. The van der Waals surface area contributed by atoms with E-state index >= 15 is 0 Å². The van der Waals surface area contributed by atoms with Crippen LogP contribution in [0.25, 0.3) is 0 Å². The highest BCUT2D eigenvalue weighted by Crippen LogP contribution is 2.33. The van der Waals surface area contributed by atoms with Gasteiger partial charge in [-0.15, -0.1) is 0 Å². The first-order chi connectivity index (χ1) is 8.76. The lowest BCUT2D eigenvalue weighted by Crippen LogP contribution is -2.41. The van der Waals surface area contributed by atoms with Gasteiger partial charge in [0, 0.05) is 35.5 Å². The van der Waals surface area contributed by atoms with Gasteiger partial charge in [-0.25, -0.2) is 0 Å². The Morgan fingerprint density at radius 2 is 2.06 bits per heavy atom. The number of hydrogen-bond donors (Lipinski definition) is 2. The number of aliphatic hydroxyl groups excluding tert-OH is 2. The zero-order valence-electron chi connectivity index (χ0n) is 10.5. The van der Waals surface area contributed by atoms with Gasteiger partial charge >= 0.3 is 0 Å². The van der Waals surface area contributed by atoms with Crippen LogP contribution in [0.4, 0.5) is 5.69 Å². The molecule has 1 saturated carbocycles. The molecule has 2 N–H and O–H groups in total. The molecule has 0 spiro atoms. The van der Waals surface area contributed by atoms with Crippen molar-refractivity contribution in [2.45, 2.75) is 38.3 Å². The van der Waals surface area contributed by atoms with Crippen molar-refractivity contribution in [2.24, 2.45) is 0 Å². The second-order valence-electron chi connectivity index (χ2n) is 4.79. The van der Waals surface area contributed by atoms with E-state index in [0.717, 1.165) is 24.2 Å². The molecule has 1 aliphatic rings. The van der Waals surface area contributed by atoms with E-state index in [2.05, 4.69) is 4.90 Å². The van der Waals surface area contributed by atoms with Crippen molar-refractivity contribution in [2.75, 3.05) is 18.1 Å². The van der Waals surface area contributed by atoms with Crippen LogP contribution in [0.1, 0.15) is 31.2 Å². The van der Waals surface area contributed by atoms with E-state index in [4.69, 9.17) is 16.7 Å². The smallest absolute Gasteiger partial charge is 0.0702 e. The monoisotopic (exact) mass is 269 g/mol. The quantitative estimate of drug-likeness (QED) is 0.834. The highest BCUT2D eigenvalue weighted by molar-refractivity contribution is 6.30. The molecule has 100 valence electrons. The Hall–Kier alpha value is -0.770. The summed E-state index contributed by atoms with van der Waals surface area (Å²) in [6.07, 6.45) is 4.37. The van der Waals surface area contributed by atoms with Crippen LogP contribution in [-0.2, 0) is 6.61 Å². The van der Waals surface area contributed by atoms with Crippen LogP contribution in [0.15, 0.2) is 18.2 Å². The van der Waals surface area contributed by atoms with E-state index in [1.54, 1.807) is 0 Å². The maximum Gasteiger partial charge on any atom is 0.0702 e. The second-order valence-corrected chi connectivity index (χ2v) is 5.22. The summed E-state index contributed by atoms with van der Waals surface area (Å²) < 4.78 is 0. The third-order valence-corrected chi connectivity index (χ3v) is 3.83. The van der Waals surface area contributed by atoms with Gasteiger partial charge in [-0.1, -0.05) is 17.7 Å². The third kappa shape index (κ3) is 2.97. The van der Waals surface area contributed by atoms with Gasteiger partial charge in [-0.2, -0.15) is 0 Å². The molecular formula is C14H20ClNO2. The molecule has 0 atom stereocenters. The summed E-state index contributed by atoms with van der Waals surface area (Å²) in [7, 11) is 0. The predicted octanol–water partition coefficient (Wildman–Crippen LogP) is 2.57. The van der Waals surface area contributed by atoms with E-state index in [1.807, 2.05) is 18.2 Å². The van der Waals surface area contributed by atoms with Gasteiger partial charge in [0.1, 0.15) is 0 Å². The normalized spacial score (nSPS) is 15.5. The summed E-state index contributed by atoms with van der Waals surface area (Å²) in [6, 6.07) is 6.13. The fourth-order valence-electron chi connectivity index (χ4n) is 2.38. The Kier molecular flexibility index (Phi) is 4.87. The molecule has 3 nitrogen and oxygen atoms in total. The fourth-order valence-corrected chi connectivity index (χ4v) is 2.54. The molecule has 1 aromatic rings. The SMILES string of the molecule is OCCCN(c1cc(Cl)ccc1CO)C1CCC1. The molecule has 0 heterocycles. The van der Waals surface area contributed by atoms with E-state index in [0.29, 0.717) is 11.1 Å². The average Bonchev–Trinajstić information content (AvgIpc) is 2.32. The van der Waals surface area contributed by atoms with Crippen LogP contribution in [-0.4, -0.2) is 29.4 Å². The van der Waals surface area contributed by atoms with Crippen molar-refractivity contribution in [3.8, 4) is 0 Å². The van der Waals surface area contributed by atoms with E-state index < -0.39 is 0 Å². The first-order valence-electron chi connectivity index (χ1n) is 6.53. The predicted molar refractivity (Wildman–Crippen MR) is 74.1 cm³/mol. The van der Waals surface area contributed by atoms with Crippen LogP contribution < -0.4 is 4.90 Å². The number of halogens is 1. The van der Waals surface area contributed by atoms with Crippen molar-refractivity contribution in [1.29, 1.82) is 0 Å². The highest BCUT2D eigenvalue weighted by atomic mass is 35.5. The van der Waals surface area contributed by atoms with Gasteiger partial charge in [0.15, 0.2) is 0 Å². The first kappa shape index (κ1) is 13.7. The number of anilines is 1. The lowest BCUT2D eigenvalue weighted by atomic mass is 9.90. The van der Waals surface area contributed by atoms with Gasteiger partial charge in [-0.05, 0) is 37.8 Å². The Morgan fingerprint density at radius 3 is 2.61 bits per heavy atom. The largest absolute Gasteiger partial charge is 0.396 e. The number of benzene rings is 1. The zero-order chi connectivity index (χ0) is 13.0. The number of nitrogens with zero attached hydrogens (tertiary/aromatic N) is 1. The topological polar surface area (TPSA) is 43.7 Å². The van der Waals surface area contributed by atoms with Crippen molar-refractivity contribution < 1.29 is 10.2 Å². The lowest BCUT2D eigenvalue weighted by molar-refractivity contribution is 0.277. The van der Waals surface area contributed by atoms with Crippen LogP contribution in [0.3, 0.4) is 0 Å². The summed E-state index contributed by atoms with van der Waals surface area (Å²) in [5.74, 6) is 0. The van der Waals surface area contributed by atoms with Crippen molar-refractivity contribution in [1.82, 2.24) is 0 Å². The summed E-state index contributed by atoms with van der Waals surface area (Å²) >= 11 is 6.06. The van der Waals surface area contributed by atoms with Crippen molar-refractivity contribution >= 4 is 17.3 Å². The zero-order valence-corrected chi connectivity index (χ0v) is 11.2. The molecule has 0 amide bonds. The standard InChI is InChI=1S/C14H20ClNO2/c15-12-6-5-11(10-18)14(9-12)16(7-2-8-17)13-3-1-4-13/h5-6,9,13,17-18H,1-4,7-8,10H2. The minimum absolute atomic E-state index is 0.0227. The molecule has 0 saturated heterocycles. The number of hydrogen-bond acceptors (Lipinski definition) is 3. The Bertz CT molecular complexity index is 393. The molecular weight excluding hydrogens is 250 g/mol. The Labute approximate surface area is 113 Å². The lowest BCUT2D eigenvalue weighted by Gasteiger charge is -2.40. The van der Waals surface area contributed by atoms with Crippen molar-refractivity contribution in [3.63, 3.8) is 0 Å². The second kappa shape index (κ2) is 6.41. The van der Waals surface area contributed by atoms with Gasteiger partial charge in [0.25, 0.3) is 0 Å². The molecule has 1 aliphatic carbocycles. The Morgan fingerprint density at radius 1 is 1.28 bits per heavy atom. The molecule has 18 heavy (non-hydrogen) atoms. The highest BCUT2D eigenvalue weighted by Gasteiger charge is 2.26. The molecule has 2 rings (SSSR count). The van der Waals surface area contributed by atoms with E-state index in [9.17, 15) is 5.11 Å². The summed E-state index contributed by atoms with van der Waals surface area (Å²) in [5.41, 5.74) is 1.92. The molecule has 4 heteroatoms. The third-order valence-electron chi connectivity index (χ3n) is 3.60. The van der Waals surface area contributed by atoms with Gasteiger partial charge in [0.05, 0.1) is 6.61 Å². The average molecular weight is 270 g/mol. The van der Waals surface area contributed by atoms with Crippen LogP contribution in [0.2, 0.25) is 5.02 Å². The van der Waals surface area contributed by atoms with Crippen LogP contribution in [0, 0.1) is 0 Å². The van der Waals surface area contributed by atoms with Crippen molar-refractivity contribution in [3.05, 3.63) is 28.8 Å². The number of rotatable bonds is 6. The van der Waals surface area contributed by atoms with E-state index in [1.165, 1.54) is 19.3 Å². The summed E-state index contributed by atoms with van der Waals surface area (Å²) in [5, 5.41) is 19.1. The van der Waals surface area contributed by atoms with Crippen LogP contribution >= 0.6 is 11.6 Å². The van der Waals surface area contributed by atoms with Gasteiger partial charge in [0.2, 0.25) is 0 Å². The molecule has 1 fully saturated rings. The van der Waals surface area contributed by atoms with Gasteiger partial charge in [-0.3, -0.25) is 0 Å². The van der Waals surface area contributed by atoms with Gasteiger partial charge < -0.3 is 15.1 Å². The fraction of sp³-hybridized carbons (Fsp3) is 0.571. The summed E-state index contributed by atoms with van der Waals surface area (Å²) in [6.45, 7) is 1.03. The molecule has 0 unspecified atom stereocenters. The van der Waals surface area contributed by atoms with Crippen LogP contribution in [0.5, 0.6) is 0 Å². The molecule has 1 aromatic carbocycles.